The Labute approximate surface area is 124 Å². The van der Waals surface area contributed by atoms with E-state index in [1.165, 1.54) is 37.7 Å². The molecule has 0 aromatic heterocycles. The van der Waals surface area contributed by atoms with Crippen LogP contribution in [0.25, 0.3) is 0 Å². The van der Waals surface area contributed by atoms with E-state index in [4.69, 9.17) is 4.74 Å². The van der Waals surface area contributed by atoms with E-state index in [9.17, 15) is 0 Å². The standard InChI is InChI=1S/C16H22BrNO/c1-18-14-10-15(16(14)8-4-5-9-16)19-11-12-6-2-3-7-13(12)17/h2-3,6-7,14-15,18H,4-5,8-11H2,1H3. The summed E-state index contributed by atoms with van der Waals surface area (Å²) < 4.78 is 7.40. The summed E-state index contributed by atoms with van der Waals surface area (Å²) in [6, 6.07) is 9.01. The van der Waals surface area contributed by atoms with Crippen LogP contribution in [0.2, 0.25) is 0 Å². The molecule has 19 heavy (non-hydrogen) atoms. The lowest BCUT2D eigenvalue weighted by molar-refractivity contribution is -0.138. The number of hydrogen-bond acceptors (Lipinski definition) is 2. The molecule has 1 N–H and O–H groups in total. The molecule has 0 saturated heterocycles. The summed E-state index contributed by atoms with van der Waals surface area (Å²) in [7, 11) is 2.09. The van der Waals surface area contributed by atoms with Crippen molar-refractivity contribution < 1.29 is 4.74 Å². The lowest BCUT2D eigenvalue weighted by atomic mass is 9.60. The molecule has 2 fully saturated rings. The Morgan fingerprint density at radius 2 is 2.05 bits per heavy atom. The van der Waals surface area contributed by atoms with Crippen LogP contribution in [0.15, 0.2) is 28.7 Å². The molecule has 2 unspecified atom stereocenters. The van der Waals surface area contributed by atoms with E-state index < -0.39 is 0 Å². The Balaban J connectivity index is 1.63. The van der Waals surface area contributed by atoms with E-state index in [-0.39, 0.29) is 0 Å². The van der Waals surface area contributed by atoms with Gasteiger partial charge in [-0.3, -0.25) is 0 Å². The highest BCUT2D eigenvalue weighted by Gasteiger charge is 2.56. The molecule has 2 saturated carbocycles. The van der Waals surface area contributed by atoms with Crippen LogP contribution in [-0.4, -0.2) is 19.2 Å². The number of rotatable bonds is 4. The fourth-order valence-electron chi connectivity index (χ4n) is 3.90. The van der Waals surface area contributed by atoms with E-state index in [0.29, 0.717) is 17.6 Å². The summed E-state index contributed by atoms with van der Waals surface area (Å²) >= 11 is 3.59. The molecular weight excluding hydrogens is 302 g/mol. The van der Waals surface area contributed by atoms with Crippen LogP contribution in [-0.2, 0) is 11.3 Å². The topological polar surface area (TPSA) is 21.3 Å². The van der Waals surface area contributed by atoms with Gasteiger partial charge in [0.15, 0.2) is 0 Å². The Morgan fingerprint density at radius 1 is 1.32 bits per heavy atom. The molecule has 1 spiro atoms. The van der Waals surface area contributed by atoms with Crippen molar-refractivity contribution in [3.63, 3.8) is 0 Å². The Hall–Kier alpha value is -0.380. The van der Waals surface area contributed by atoms with Crippen LogP contribution < -0.4 is 5.32 Å². The van der Waals surface area contributed by atoms with Crippen molar-refractivity contribution >= 4 is 15.9 Å². The Bertz CT molecular complexity index is 442. The summed E-state index contributed by atoms with van der Waals surface area (Å²) in [4.78, 5) is 0. The third kappa shape index (κ3) is 2.37. The number of halogens is 1. The first kappa shape index (κ1) is 13.6. The Kier molecular flexibility index (Phi) is 3.97. The lowest BCUT2D eigenvalue weighted by Crippen LogP contribution is -2.61. The zero-order valence-electron chi connectivity index (χ0n) is 11.5. The fourth-order valence-corrected chi connectivity index (χ4v) is 4.30. The third-order valence-electron chi connectivity index (χ3n) is 5.07. The highest BCUT2D eigenvalue weighted by Crippen LogP contribution is 2.54. The first-order valence-corrected chi connectivity index (χ1v) is 8.08. The van der Waals surface area contributed by atoms with Crippen molar-refractivity contribution in [3.05, 3.63) is 34.3 Å². The number of hydrogen-bond donors (Lipinski definition) is 1. The molecule has 1 aromatic carbocycles. The van der Waals surface area contributed by atoms with E-state index in [0.717, 1.165) is 11.1 Å². The third-order valence-corrected chi connectivity index (χ3v) is 5.84. The maximum atomic E-state index is 6.24. The molecular formula is C16H22BrNO. The molecule has 104 valence electrons. The molecule has 0 amide bonds. The predicted octanol–water partition coefficient (Wildman–Crippen LogP) is 3.89. The van der Waals surface area contributed by atoms with Crippen LogP contribution in [0.5, 0.6) is 0 Å². The van der Waals surface area contributed by atoms with Gasteiger partial charge < -0.3 is 10.1 Å². The first-order valence-electron chi connectivity index (χ1n) is 7.28. The second-order valence-corrected chi connectivity index (χ2v) is 6.76. The van der Waals surface area contributed by atoms with E-state index >= 15 is 0 Å². The van der Waals surface area contributed by atoms with Gasteiger partial charge in [-0.15, -0.1) is 0 Å². The molecule has 1 aromatic rings. The van der Waals surface area contributed by atoms with Crippen molar-refractivity contribution in [3.8, 4) is 0 Å². The van der Waals surface area contributed by atoms with Crippen molar-refractivity contribution in [2.45, 2.75) is 50.9 Å². The summed E-state index contributed by atoms with van der Waals surface area (Å²) in [5.74, 6) is 0. The van der Waals surface area contributed by atoms with Crippen LogP contribution in [0.4, 0.5) is 0 Å². The smallest absolute Gasteiger partial charge is 0.0731 e. The van der Waals surface area contributed by atoms with Gasteiger partial charge in [-0.25, -0.2) is 0 Å². The highest BCUT2D eigenvalue weighted by molar-refractivity contribution is 9.10. The van der Waals surface area contributed by atoms with Gasteiger partial charge in [-0.2, -0.15) is 0 Å². The molecule has 2 atom stereocenters. The molecule has 0 radical (unpaired) electrons. The molecule has 3 heteroatoms. The van der Waals surface area contributed by atoms with Crippen molar-refractivity contribution in [1.29, 1.82) is 0 Å². The van der Waals surface area contributed by atoms with E-state index in [1.54, 1.807) is 0 Å². The predicted molar refractivity (Wildman–Crippen MR) is 81.1 cm³/mol. The van der Waals surface area contributed by atoms with E-state index in [2.05, 4.69) is 46.5 Å². The van der Waals surface area contributed by atoms with Crippen LogP contribution >= 0.6 is 15.9 Å². The van der Waals surface area contributed by atoms with Gasteiger partial charge in [0.25, 0.3) is 0 Å². The summed E-state index contributed by atoms with van der Waals surface area (Å²) in [5, 5.41) is 3.48. The summed E-state index contributed by atoms with van der Waals surface area (Å²) in [6.45, 7) is 0.726. The molecule has 2 nitrogen and oxygen atoms in total. The zero-order chi connectivity index (χ0) is 13.3. The molecule has 0 aliphatic heterocycles. The molecule has 2 aliphatic carbocycles. The van der Waals surface area contributed by atoms with Crippen LogP contribution in [0.3, 0.4) is 0 Å². The average Bonchev–Trinajstić information content (AvgIpc) is 2.92. The molecule has 3 rings (SSSR count). The minimum absolute atomic E-state index is 0.427. The fraction of sp³-hybridized carbons (Fsp3) is 0.625. The monoisotopic (exact) mass is 323 g/mol. The molecule has 0 bridgehead atoms. The Morgan fingerprint density at radius 3 is 2.74 bits per heavy atom. The number of ether oxygens (including phenoxy) is 1. The van der Waals surface area contributed by atoms with Crippen molar-refractivity contribution in [1.82, 2.24) is 5.32 Å². The maximum Gasteiger partial charge on any atom is 0.0731 e. The van der Waals surface area contributed by atoms with Gasteiger partial charge in [-0.1, -0.05) is 47.0 Å². The summed E-state index contributed by atoms with van der Waals surface area (Å²) in [6.07, 6.45) is 7.01. The van der Waals surface area contributed by atoms with Gasteiger partial charge in [0.2, 0.25) is 0 Å². The first-order chi connectivity index (χ1) is 9.26. The largest absolute Gasteiger partial charge is 0.373 e. The lowest BCUT2D eigenvalue weighted by Gasteiger charge is -2.54. The maximum absolute atomic E-state index is 6.24. The molecule has 2 aliphatic rings. The highest BCUT2D eigenvalue weighted by atomic mass is 79.9. The van der Waals surface area contributed by atoms with Gasteiger partial charge in [-0.05, 0) is 37.9 Å². The van der Waals surface area contributed by atoms with Crippen molar-refractivity contribution in [2.24, 2.45) is 5.41 Å². The van der Waals surface area contributed by atoms with E-state index in [1.807, 2.05) is 6.07 Å². The SMILES string of the molecule is CNC1CC(OCc2ccccc2Br)C12CCCC2. The normalized spacial score (nSPS) is 28.5. The van der Waals surface area contributed by atoms with Crippen LogP contribution in [0, 0.1) is 5.41 Å². The van der Waals surface area contributed by atoms with Crippen molar-refractivity contribution in [2.75, 3.05) is 7.05 Å². The minimum atomic E-state index is 0.427. The zero-order valence-corrected chi connectivity index (χ0v) is 13.1. The average molecular weight is 324 g/mol. The van der Waals surface area contributed by atoms with Gasteiger partial charge in [0, 0.05) is 15.9 Å². The quantitative estimate of drug-likeness (QED) is 0.907. The second-order valence-electron chi connectivity index (χ2n) is 5.91. The van der Waals surface area contributed by atoms with Gasteiger partial charge in [0.1, 0.15) is 0 Å². The van der Waals surface area contributed by atoms with Crippen LogP contribution in [0.1, 0.15) is 37.7 Å². The number of benzene rings is 1. The molecule has 0 heterocycles. The van der Waals surface area contributed by atoms with Gasteiger partial charge >= 0.3 is 0 Å². The van der Waals surface area contributed by atoms with Gasteiger partial charge in [0.05, 0.1) is 12.7 Å². The summed E-state index contributed by atoms with van der Waals surface area (Å²) in [5.41, 5.74) is 1.68. The minimum Gasteiger partial charge on any atom is -0.373 e. The second kappa shape index (κ2) is 5.55. The number of nitrogens with one attached hydrogen (secondary N) is 1.